The number of fused-ring (bicyclic) bond motifs is 1. The molecule has 1 aromatic heterocycles. The molecule has 0 bridgehead atoms. The lowest BCUT2D eigenvalue weighted by molar-refractivity contribution is 0.0889. The molecule has 0 spiro atoms. The fourth-order valence-electron chi connectivity index (χ4n) is 4.02. The molecule has 1 heterocycles. The lowest BCUT2D eigenvalue weighted by Crippen LogP contribution is -2.22. The molecule has 32 heavy (non-hydrogen) atoms. The van der Waals surface area contributed by atoms with E-state index in [2.05, 4.69) is 71.0 Å². The monoisotopic (exact) mass is 435 g/mol. The predicted octanol–water partition coefficient (Wildman–Crippen LogP) is 5.34. The van der Waals surface area contributed by atoms with Gasteiger partial charge in [0, 0.05) is 12.1 Å². The summed E-state index contributed by atoms with van der Waals surface area (Å²) in [4.78, 5) is 13.5. The smallest absolute Gasteiger partial charge is 0.249 e. The molecule has 5 aromatic rings. The molecule has 0 aliphatic rings. The number of rotatable bonds is 6. The van der Waals surface area contributed by atoms with Crippen molar-refractivity contribution in [3.8, 4) is 0 Å². The maximum absolute atomic E-state index is 13.5. The first-order valence-corrected chi connectivity index (χ1v) is 12.0. The van der Waals surface area contributed by atoms with Gasteiger partial charge in [0.05, 0.1) is 5.52 Å². The fraction of sp³-hybridized carbons (Fsp3) is 0.0741. The molecular formula is C27H22N3OP. The number of carbonyl (C=O) groups excluding carboxylic acids is 1. The van der Waals surface area contributed by atoms with Crippen LogP contribution in [0.1, 0.15) is 22.4 Å². The molecule has 156 valence electrons. The molecule has 5 heteroatoms. The quantitative estimate of drug-likeness (QED) is 0.339. The van der Waals surface area contributed by atoms with Crippen LogP contribution in [0.5, 0.6) is 0 Å². The van der Waals surface area contributed by atoms with Gasteiger partial charge in [-0.25, -0.2) is 0 Å². The highest BCUT2D eigenvalue weighted by molar-refractivity contribution is 7.73. The van der Waals surface area contributed by atoms with Gasteiger partial charge < -0.3 is 0 Å². The van der Waals surface area contributed by atoms with Crippen molar-refractivity contribution in [3.05, 3.63) is 121 Å². The second-order valence-corrected chi connectivity index (χ2v) is 9.95. The first-order valence-electron chi connectivity index (χ1n) is 10.6. The highest BCUT2D eigenvalue weighted by Crippen LogP contribution is 2.51. The molecule has 0 saturated carbocycles. The van der Waals surface area contributed by atoms with E-state index in [1.165, 1.54) is 15.3 Å². The number of hydrogen-bond donors (Lipinski definition) is 0. The Bertz CT molecular complexity index is 1280. The molecule has 0 N–H and O–H groups in total. The number of aromatic nitrogens is 3. The second kappa shape index (κ2) is 9.25. The van der Waals surface area contributed by atoms with E-state index in [4.69, 9.17) is 0 Å². The van der Waals surface area contributed by atoms with Gasteiger partial charge in [-0.2, -0.15) is 4.68 Å². The number of benzene rings is 4. The van der Waals surface area contributed by atoms with Crippen molar-refractivity contribution in [3.63, 3.8) is 0 Å². The second-order valence-electron chi connectivity index (χ2n) is 7.56. The Kier molecular flexibility index (Phi) is 5.87. The Morgan fingerprint density at radius 3 is 1.88 bits per heavy atom. The van der Waals surface area contributed by atoms with E-state index in [1.807, 2.05) is 54.6 Å². The van der Waals surface area contributed by atoms with Crippen molar-refractivity contribution in [1.82, 2.24) is 15.0 Å². The third-order valence-electron chi connectivity index (χ3n) is 5.52. The summed E-state index contributed by atoms with van der Waals surface area (Å²) in [5.41, 5.74) is 2.63. The minimum atomic E-state index is -0.825. The maximum Gasteiger partial charge on any atom is 0.249 e. The highest BCUT2D eigenvalue weighted by atomic mass is 31.1. The summed E-state index contributed by atoms with van der Waals surface area (Å²) in [7, 11) is -0.825. The number of nitrogens with zero attached hydrogens (tertiary/aromatic N) is 3. The highest BCUT2D eigenvalue weighted by Gasteiger charge is 2.29. The van der Waals surface area contributed by atoms with Crippen LogP contribution in [0.4, 0.5) is 0 Å². The zero-order valence-electron chi connectivity index (χ0n) is 17.5. The van der Waals surface area contributed by atoms with Crippen molar-refractivity contribution in [2.75, 3.05) is 0 Å². The zero-order valence-corrected chi connectivity index (χ0v) is 18.3. The van der Waals surface area contributed by atoms with Gasteiger partial charge in [0.15, 0.2) is 0 Å². The summed E-state index contributed by atoms with van der Waals surface area (Å²) in [6.45, 7) is 0. The van der Waals surface area contributed by atoms with E-state index in [0.29, 0.717) is 6.42 Å². The topological polar surface area (TPSA) is 47.8 Å². The van der Waals surface area contributed by atoms with E-state index in [9.17, 15) is 4.79 Å². The molecule has 4 nitrogen and oxygen atoms in total. The van der Waals surface area contributed by atoms with Crippen LogP contribution in [0.2, 0.25) is 0 Å². The van der Waals surface area contributed by atoms with Crippen molar-refractivity contribution < 1.29 is 4.79 Å². The van der Waals surface area contributed by atoms with Crippen LogP contribution in [-0.4, -0.2) is 20.9 Å². The summed E-state index contributed by atoms with van der Waals surface area (Å²) in [5, 5.41) is 10.8. The summed E-state index contributed by atoms with van der Waals surface area (Å²) < 4.78 is 1.45. The van der Waals surface area contributed by atoms with Gasteiger partial charge in [-0.05, 0) is 36.2 Å². The van der Waals surface area contributed by atoms with Gasteiger partial charge in [-0.1, -0.05) is 108 Å². The van der Waals surface area contributed by atoms with Gasteiger partial charge in [-0.3, -0.25) is 4.79 Å². The lowest BCUT2D eigenvalue weighted by atomic mass is 10.1. The first kappa shape index (κ1) is 20.3. The SMILES string of the molecule is O=C(C[C@H](c1ccccc1)P(c1ccccc1)c1ccccc1)n1nnc2ccccc21. The molecular weight excluding hydrogens is 413 g/mol. The Balaban J connectivity index is 1.60. The van der Waals surface area contributed by atoms with Crippen LogP contribution in [0.25, 0.3) is 11.0 Å². The molecule has 0 radical (unpaired) electrons. The van der Waals surface area contributed by atoms with Crippen molar-refractivity contribution in [1.29, 1.82) is 0 Å². The third kappa shape index (κ3) is 4.10. The average molecular weight is 435 g/mol. The normalized spacial score (nSPS) is 12.2. The van der Waals surface area contributed by atoms with Crippen LogP contribution in [0.15, 0.2) is 115 Å². The Morgan fingerprint density at radius 2 is 1.25 bits per heavy atom. The minimum Gasteiger partial charge on any atom is -0.272 e. The minimum absolute atomic E-state index is 0.00598. The van der Waals surface area contributed by atoms with Crippen LogP contribution < -0.4 is 10.6 Å². The standard InChI is InChI=1S/C27H22N3OP/c31-27(30-25-19-11-10-18-24(25)28-29-30)20-26(21-12-4-1-5-13-21)32(22-14-6-2-7-15-22)23-16-8-3-9-17-23/h1-19,26H,20H2/t26-/m1/s1. The van der Waals surface area contributed by atoms with Gasteiger partial charge in [0.25, 0.3) is 0 Å². The maximum atomic E-state index is 13.5. The van der Waals surface area contributed by atoms with E-state index in [0.717, 1.165) is 16.6 Å². The van der Waals surface area contributed by atoms with E-state index in [1.54, 1.807) is 0 Å². The molecule has 0 saturated heterocycles. The Morgan fingerprint density at radius 1 is 0.719 bits per heavy atom. The van der Waals surface area contributed by atoms with Crippen molar-refractivity contribution >= 4 is 35.5 Å². The molecule has 0 amide bonds. The third-order valence-corrected chi connectivity index (χ3v) is 8.33. The Labute approximate surface area is 188 Å². The van der Waals surface area contributed by atoms with Crippen LogP contribution in [0.3, 0.4) is 0 Å². The van der Waals surface area contributed by atoms with Gasteiger partial charge >= 0.3 is 0 Å². The molecule has 5 rings (SSSR count). The van der Waals surface area contributed by atoms with Crippen LogP contribution in [-0.2, 0) is 0 Å². The first-order chi connectivity index (χ1) is 15.8. The summed E-state index contributed by atoms with van der Waals surface area (Å²) in [6.07, 6.45) is 0.340. The predicted molar refractivity (Wildman–Crippen MR) is 131 cm³/mol. The molecule has 0 fully saturated rings. The molecule has 0 aliphatic heterocycles. The summed E-state index contributed by atoms with van der Waals surface area (Å²) in [5.74, 6) is -0.0492. The van der Waals surface area contributed by atoms with Gasteiger partial charge in [0.2, 0.25) is 5.91 Å². The van der Waals surface area contributed by atoms with Crippen LogP contribution >= 0.6 is 7.92 Å². The molecule has 4 aromatic carbocycles. The zero-order chi connectivity index (χ0) is 21.8. The van der Waals surface area contributed by atoms with E-state index in [-0.39, 0.29) is 11.6 Å². The van der Waals surface area contributed by atoms with E-state index < -0.39 is 7.92 Å². The van der Waals surface area contributed by atoms with Crippen LogP contribution in [0, 0.1) is 0 Å². The molecule has 0 unspecified atom stereocenters. The van der Waals surface area contributed by atoms with Crippen molar-refractivity contribution in [2.24, 2.45) is 0 Å². The Hall–Kier alpha value is -3.62. The lowest BCUT2D eigenvalue weighted by Gasteiger charge is -2.28. The summed E-state index contributed by atoms with van der Waals surface area (Å²) in [6, 6.07) is 39.0. The molecule has 1 atom stereocenters. The van der Waals surface area contributed by atoms with E-state index >= 15 is 0 Å². The van der Waals surface area contributed by atoms with Gasteiger partial charge in [0.1, 0.15) is 5.52 Å². The fourth-order valence-corrected chi connectivity index (χ4v) is 6.84. The number of carbonyl (C=O) groups is 1. The van der Waals surface area contributed by atoms with Crippen molar-refractivity contribution in [2.45, 2.75) is 12.1 Å². The number of para-hydroxylation sites is 1. The summed E-state index contributed by atoms with van der Waals surface area (Å²) >= 11 is 0. The number of hydrogen-bond acceptors (Lipinski definition) is 3. The largest absolute Gasteiger partial charge is 0.272 e. The van der Waals surface area contributed by atoms with Gasteiger partial charge in [-0.15, -0.1) is 5.10 Å². The average Bonchev–Trinajstić information content (AvgIpc) is 3.30. The molecule has 0 aliphatic carbocycles.